The molecule has 0 unspecified atom stereocenters. The van der Waals surface area contributed by atoms with Crippen LogP contribution in [0, 0.1) is 0 Å². The zero-order valence-corrected chi connectivity index (χ0v) is 21.7. The molecule has 2 aliphatic heterocycles. The van der Waals surface area contributed by atoms with Crippen molar-refractivity contribution in [1.82, 2.24) is 9.97 Å². The summed E-state index contributed by atoms with van der Waals surface area (Å²) >= 11 is 5.08. The van der Waals surface area contributed by atoms with Gasteiger partial charge >= 0.3 is 0 Å². The Kier molecular flexibility index (Phi) is 6.43. The van der Waals surface area contributed by atoms with Gasteiger partial charge < -0.3 is 24.7 Å². The first kappa shape index (κ1) is 23.1. The summed E-state index contributed by atoms with van der Waals surface area (Å²) in [7, 11) is 0. The summed E-state index contributed by atoms with van der Waals surface area (Å²) in [5.74, 6) is 1.55. The lowest BCUT2D eigenvalue weighted by Crippen LogP contribution is -2.36. The summed E-state index contributed by atoms with van der Waals surface area (Å²) in [5.41, 5.74) is 4.53. The van der Waals surface area contributed by atoms with Crippen LogP contribution in [0.4, 0.5) is 11.4 Å². The van der Waals surface area contributed by atoms with Crippen molar-refractivity contribution in [3.63, 3.8) is 0 Å². The van der Waals surface area contributed by atoms with Crippen LogP contribution in [0.2, 0.25) is 0 Å². The number of halogens is 1. The lowest BCUT2D eigenvalue weighted by molar-refractivity contribution is 0.122. The van der Waals surface area contributed by atoms with Gasteiger partial charge in [0, 0.05) is 48.8 Å². The smallest absolute Gasteiger partial charge is 0.250 e. The summed E-state index contributed by atoms with van der Waals surface area (Å²) in [6, 6.07) is 19.8. The molecule has 9 heteroatoms. The molecular formula is C27H23BrN4O3S. The second-order valence-corrected chi connectivity index (χ2v) is 10.5. The highest BCUT2D eigenvalue weighted by Gasteiger charge is 2.23. The molecule has 0 atom stereocenters. The van der Waals surface area contributed by atoms with E-state index in [1.165, 1.54) is 0 Å². The van der Waals surface area contributed by atoms with E-state index >= 15 is 0 Å². The number of H-pyrrole nitrogens is 1. The third-order valence-corrected chi connectivity index (χ3v) is 7.65. The molecule has 182 valence electrons. The van der Waals surface area contributed by atoms with Gasteiger partial charge in [0.2, 0.25) is 5.56 Å². The Morgan fingerprint density at radius 3 is 2.81 bits per heavy atom. The number of anilines is 2. The van der Waals surface area contributed by atoms with Crippen LogP contribution in [-0.4, -0.2) is 36.3 Å². The normalized spacial score (nSPS) is 14.5. The molecule has 2 aliphatic rings. The van der Waals surface area contributed by atoms with Gasteiger partial charge in [0.1, 0.15) is 10.4 Å². The van der Waals surface area contributed by atoms with Crippen LogP contribution < -0.4 is 20.5 Å². The van der Waals surface area contributed by atoms with Crippen LogP contribution in [0.25, 0.3) is 11.3 Å². The number of para-hydroxylation sites is 1. The maximum Gasteiger partial charge on any atom is 0.250 e. The number of aromatic nitrogens is 2. The number of hydrogen-bond acceptors (Lipinski definition) is 7. The molecular weight excluding hydrogens is 540 g/mol. The minimum Gasteiger partial charge on any atom is -0.454 e. The van der Waals surface area contributed by atoms with Gasteiger partial charge in [0.15, 0.2) is 5.75 Å². The number of ether oxygens (including phenoxy) is 2. The van der Waals surface area contributed by atoms with Gasteiger partial charge in [-0.25, -0.2) is 4.98 Å². The first-order chi connectivity index (χ1) is 17.6. The number of hydrogen-bond donors (Lipinski definition) is 2. The van der Waals surface area contributed by atoms with Gasteiger partial charge in [0.25, 0.3) is 0 Å². The summed E-state index contributed by atoms with van der Waals surface area (Å²) in [5, 5.41) is 3.47. The highest BCUT2D eigenvalue weighted by atomic mass is 79.9. The van der Waals surface area contributed by atoms with Gasteiger partial charge in [-0.3, -0.25) is 4.79 Å². The van der Waals surface area contributed by atoms with Gasteiger partial charge in [-0.05, 0) is 70.0 Å². The average molecular weight is 563 g/mol. The van der Waals surface area contributed by atoms with Crippen LogP contribution in [0.3, 0.4) is 0 Å². The van der Waals surface area contributed by atoms with Gasteiger partial charge in [-0.15, -0.1) is 0 Å². The minimum atomic E-state index is -0.132. The lowest BCUT2D eigenvalue weighted by Gasteiger charge is -2.29. The quantitative estimate of drug-likeness (QED) is 0.258. The maximum absolute atomic E-state index is 12.5. The van der Waals surface area contributed by atoms with E-state index in [0.717, 1.165) is 67.2 Å². The molecule has 36 heavy (non-hydrogen) atoms. The van der Waals surface area contributed by atoms with E-state index < -0.39 is 0 Å². The van der Waals surface area contributed by atoms with Crippen LogP contribution in [0.1, 0.15) is 5.56 Å². The maximum atomic E-state index is 12.5. The first-order valence-electron chi connectivity index (χ1n) is 11.7. The fourth-order valence-corrected chi connectivity index (χ4v) is 5.80. The minimum absolute atomic E-state index is 0.132. The fourth-order valence-electron chi connectivity index (χ4n) is 4.36. The molecule has 0 aliphatic carbocycles. The van der Waals surface area contributed by atoms with E-state index in [1.54, 1.807) is 24.0 Å². The number of fused-ring (bicyclic) bond motifs is 2. The number of benzene rings is 2. The van der Waals surface area contributed by atoms with Crippen LogP contribution in [0.5, 0.6) is 11.5 Å². The Labute approximate surface area is 221 Å². The molecule has 4 aromatic rings. The highest BCUT2D eigenvalue weighted by Crippen LogP contribution is 2.51. The second-order valence-electron chi connectivity index (χ2n) is 8.55. The molecule has 2 aromatic heterocycles. The number of nitrogens with one attached hydrogen (secondary N) is 2. The van der Waals surface area contributed by atoms with Gasteiger partial charge in [-0.1, -0.05) is 17.8 Å². The molecule has 0 bridgehead atoms. The van der Waals surface area contributed by atoms with Crippen molar-refractivity contribution in [2.45, 2.75) is 16.3 Å². The summed E-state index contributed by atoms with van der Waals surface area (Å²) in [6.07, 6.45) is 1.79. The molecule has 6 rings (SSSR count). The zero-order chi connectivity index (χ0) is 24.5. The van der Waals surface area contributed by atoms with Crippen molar-refractivity contribution in [3.8, 4) is 22.8 Å². The van der Waals surface area contributed by atoms with Crippen molar-refractivity contribution >= 4 is 39.1 Å². The molecule has 0 spiro atoms. The van der Waals surface area contributed by atoms with Gasteiger partial charge in [-0.2, -0.15) is 0 Å². The molecule has 7 nitrogen and oxygen atoms in total. The Balaban J connectivity index is 1.26. The molecule has 0 radical (unpaired) electrons. The average Bonchev–Trinajstić information content (AvgIpc) is 2.90. The number of nitrogens with zero attached hydrogens (tertiary/aromatic N) is 2. The molecule has 2 aromatic carbocycles. The molecule has 0 saturated carbocycles. The zero-order valence-electron chi connectivity index (χ0n) is 19.3. The molecule has 1 fully saturated rings. The molecule has 4 heterocycles. The predicted octanol–water partition coefficient (Wildman–Crippen LogP) is 5.91. The number of morpholine rings is 1. The Bertz CT molecular complexity index is 1490. The van der Waals surface area contributed by atoms with Crippen molar-refractivity contribution in [2.75, 3.05) is 36.5 Å². The Morgan fingerprint density at radius 1 is 1.06 bits per heavy atom. The molecule has 2 N–H and O–H groups in total. The third kappa shape index (κ3) is 4.86. The van der Waals surface area contributed by atoms with Crippen LogP contribution in [0.15, 0.2) is 86.0 Å². The summed E-state index contributed by atoms with van der Waals surface area (Å²) in [4.78, 5) is 23.9. The monoisotopic (exact) mass is 562 g/mol. The summed E-state index contributed by atoms with van der Waals surface area (Å²) < 4.78 is 12.7. The van der Waals surface area contributed by atoms with Crippen molar-refractivity contribution in [1.29, 1.82) is 0 Å². The predicted molar refractivity (Wildman–Crippen MR) is 145 cm³/mol. The van der Waals surface area contributed by atoms with Crippen molar-refractivity contribution in [2.24, 2.45) is 0 Å². The Morgan fingerprint density at radius 2 is 1.94 bits per heavy atom. The number of rotatable bonds is 5. The topological polar surface area (TPSA) is 79.5 Å². The van der Waals surface area contributed by atoms with Crippen LogP contribution in [-0.2, 0) is 11.3 Å². The van der Waals surface area contributed by atoms with E-state index in [0.29, 0.717) is 19.8 Å². The second kappa shape index (κ2) is 10.0. The largest absolute Gasteiger partial charge is 0.454 e. The standard InChI is InChI=1S/C27H23BrN4O3S/c28-25-12-17(6-7-29-25)16-30-18-4-5-22-24(13-18)36-23-3-1-2-20(27(23)35-22)21-14-19(15-26(33)31-21)32-8-10-34-11-9-32/h1-7,12-15,30H,8-11,16H2,(H,31,33). The van der Waals surface area contributed by atoms with E-state index in [9.17, 15) is 4.79 Å². The molecule has 0 amide bonds. The summed E-state index contributed by atoms with van der Waals surface area (Å²) in [6.45, 7) is 3.56. The van der Waals surface area contributed by atoms with Gasteiger partial charge in [0.05, 0.1) is 28.7 Å². The van der Waals surface area contributed by atoms with E-state index in [4.69, 9.17) is 9.47 Å². The van der Waals surface area contributed by atoms with Crippen LogP contribution >= 0.6 is 27.7 Å². The molecule has 1 saturated heterocycles. The number of aromatic amines is 1. The van der Waals surface area contributed by atoms with E-state index in [2.05, 4.69) is 42.2 Å². The third-order valence-electron chi connectivity index (χ3n) is 6.14. The fraction of sp³-hybridized carbons (Fsp3) is 0.185. The van der Waals surface area contributed by atoms with E-state index in [-0.39, 0.29) is 5.56 Å². The lowest BCUT2D eigenvalue weighted by atomic mass is 10.1. The van der Waals surface area contributed by atoms with E-state index in [1.807, 2.05) is 48.5 Å². The Hall–Kier alpha value is -3.27. The first-order valence-corrected chi connectivity index (χ1v) is 13.3. The number of pyridine rings is 2. The SMILES string of the molecule is O=c1cc(N2CCOCC2)cc(-c2cccc3c2Oc2ccc(NCc4ccnc(Br)c4)cc2S3)[nH]1. The van der Waals surface area contributed by atoms with Crippen molar-refractivity contribution in [3.05, 3.63) is 87.4 Å². The van der Waals surface area contributed by atoms with Crippen molar-refractivity contribution < 1.29 is 9.47 Å². The highest BCUT2D eigenvalue weighted by molar-refractivity contribution is 9.10.